The maximum absolute atomic E-state index is 12.0. The van der Waals surface area contributed by atoms with Crippen molar-refractivity contribution in [1.82, 2.24) is 15.5 Å². The highest BCUT2D eigenvalue weighted by atomic mass is 32.2. The summed E-state index contributed by atoms with van der Waals surface area (Å²) in [5, 5.41) is 11.4. The Morgan fingerprint density at radius 2 is 2.11 bits per heavy atom. The number of nitrogens with zero attached hydrogens (tertiary/aromatic N) is 2. The van der Waals surface area contributed by atoms with Gasteiger partial charge in [0, 0.05) is 12.1 Å². The van der Waals surface area contributed by atoms with Crippen molar-refractivity contribution in [3.05, 3.63) is 29.8 Å². The molecule has 2 aliphatic rings. The number of thioether (sulfide) groups is 1. The molecule has 4 rings (SSSR count). The van der Waals surface area contributed by atoms with Crippen molar-refractivity contribution in [3.63, 3.8) is 0 Å². The van der Waals surface area contributed by atoms with Gasteiger partial charge in [-0.05, 0) is 50.3 Å². The number of benzene rings is 1. The molecule has 0 unspecified atom stereocenters. The molecule has 0 atom stereocenters. The lowest BCUT2D eigenvalue weighted by atomic mass is 9.97. The number of amides is 1. The second-order valence-corrected chi connectivity index (χ2v) is 7.36. The van der Waals surface area contributed by atoms with Crippen LogP contribution in [0.3, 0.4) is 0 Å². The summed E-state index contributed by atoms with van der Waals surface area (Å²) in [5.41, 5.74) is 2.21. The topological polar surface area (TPSA) is 86.5 Å². The lowest BCUT2D eigenvalue weighted by molar-refractivity contribution is -0.118. The highest BCUT2D eigenvalue weighted by molar-refractivity contribution is 7.99. The van der Waals surface area contributed by atoms with Gasteiger partial charge in [-0.2, -0.15) is 0 Å². The fraction of sp³-hybridized carbons (Fsp3) is 0.421. The maximum atomic E-state index is 12.0. The Morgan fingerprint density at radius 1 is 1.19 bits per heavy atom. The minimum atomic E-state index is -0.0285. The number of rotatable bonds is 7. The SMILES string of the molecule is O=C(CSc1nnc(-c2ccc3c(c2)OCO3)o1)NCCC1=CCCCC1. The second-order valence-electron chi connectivity index (χ2n) is 6.44. The molecule has 1 amide bonds. The number of carbonyl (C=O) groups is 1. The molecule has 2 aromatic rings. The van der Waals surface area contributed by atoms with Crippen LogP contribution in [0.2, 0.25) is 0 Å². The molecule has 2 heterocycles. The Hall–Kier alpha value is -2.48. The average molecular weight is 387 g/mol. The highest BCUT2D eigenvalue weighted by Crippen LogP contribution is 2.36. The quantitative estimate of drug-likeness (QED) is 0.574. The van der Waals surface area contributed by atoms with Gasteiger partial charge in [0.25, 0.3) is 5.22 Å². The van der Waals surface area contributed by atoms with E-state index in [1.165, 1.54) is 36.6 Å². The van der Waals surface area contributed by atoms with Crippen molar-refractivity contribution >= 4 is 17.7 Å². The molecular formula is C19H21N3O4S. The van der Waals surface area contributed by atoms with E-state index in [0.29, 0.717) is 29.2 Å². The van der Waals surface area contributed by atoms with Crippen LogP contribution >= 0.6 is 11.8 Å². The van der Waals surface area contributed by atoms with E-state index in [1.54, 1.807) is 6.07 Å². The molecule has 7 nitrogen and oxygen atoms in total. The molecule has 1 aliphatic heterocycles. The molecule has 0 radical (unpaired) electrons. The van der Waals surface area contributed by atoms with Gasteiger partial charge in [0.2, 0.25) is 18.6 Å². The first-order chi connectivity index (χ1) is 13.3. The fourth-order valence-electron chi connectivity index (χ4n) is 3.09. The monoisotopic (exact) mass is 387 g/mol. The van der Waals surface area contributed by atoms with Crippen LogP contribution in [0.15, 0.2) is 39.5 Å². The van der Waals surface area contributed by atoms with Gasteiger partial charge in [-0.15, -0.1) is 10.2 Å². The van der Waals surface area contributed by atoms with Crippen molar-refractivity contribution in [2.24, 2.45) is 0 Å². The molecule has 0 spiro atoms. The minimum Gasteiger partial charge on any atom is -0.454 e. The third-order valence-electron chi connectivity index (χ3n) is 4.51. The Morgan fingerprint density at radius 3 is 3.00 bits per heavy atom. The number of fused-ring (bicyclic) bond motifs is 1. The fourth-order valence-corrected chi connectivity index (χ4v) is 3.68. The summed E-state index contributed by atoms with van der Waals surface area (Å²) in [4.78, 5) is 12.0. The predicted molar refractivity (Wildman–Crippen MR) is 101 cm³/mol. The summed E-state index contributed by atoms with van der Waals surface area (Å²) in [6.07, 6.45) is 8.12. The Kier molecular flexibility index (Phi) is 5.62. The first kappa shape index (κ1) is 17.9. The average Bonchev–Trinajstić information content (AvgIpc) is 3.36. The third kappa shape index (κ3) is 4.63. The number of hydrogen-bond acceptors (Lipinski definition) is 7. The molecule has 1 aromatic heterocycles. The van der Waals surface area contributed by atoms with E-state index in [1.807, 2.05) is 12.1 Å². The van der Waals surface area contributed by atoms with E-state index < -0.39 is 0 Å². The van der Waals surface area contributed by atoms with Gasteiger partial charge >= 0.3 is 0 Å². The zero-order valence-corrected chi connectivity index (χ0v) is 15.7. The summed E-state index contributed by atoms with van der Waals surface area (Å²) in [7, 11) is 0. The largest absolute Gasteiger partial charge is 0.454 e. The molecule has 0 bridgehead atoms. The molecule has 27 heavy (non-hydrogen) atoms. The number of ether oxygens (including phenoxy) is 2. The lowest BCUT2D eigenvalue weighted by Crippen LogP contribution is -2.26. The molecule has 0 saturated heterocycles. The van der Waals surface area contributed by atoms with Crippen LogP contribution in [-0.2, 0) is 4.79 Å². The molecule has 1 aliphatic carbocycles. The van der Waals surface area contributed by atoms with Crippen LogP contribution in [0.5, 0.6) is 11.5 Å². The van der Waals surface area contributed by atoms with Gasteiger partial charge in [0.05, 0.1) is 5.75 Å². The zero-order chi connectivity index (χ0) is 18.5. The Balaban J connectivity index is 1.24. The third-order valence-corrected chi connectivity index (χ3v) is 5.32. The normalized spacial score (nSPS) is 15.5. The minimum absolute atomic E-state index is 0.0285. The van der Waals surface area contributed by atoms with Crippen LogP contribution in [0.1, 0.15) is 32.1 Å². The number of allylic oxidation sites excluding steroid dienone is 1. The number of aromatic nitrogens is 2. The molecule has 142 valence electrons. The van der Waals surface area contributed by atoms with Gasteiger partial charge in [0.1, 0.15) is 0 Å². The Labute approximate surface area is 161 Å². The molecule has 1 N–H and O–H groups in total. The standard InChI is InChI=1S/C19H21N3O4S/c23-17(20-9-8-13-4-2-1-3-5-13)11-27-19-22-21-18(26-19)14-6-7-15-16(10-14)25-12-24-15/h4,6-7,10H,1-3,5,8-9,11-12H2,(H,20,23). The summed E-state index contributed by atoms with van der Waals surface area (Å²) < 4.78 is 16.3. The van der Waals surface area contributed by atoms with Crippen LogP contribution < -0.4 is 14.8 Å². The maximum Gasteiger partial charge on any atom is 0.277 e. The van der Waals surface area contributed by atoms with Crippen molar-refractivity contribution < 1.29 is 18.7 Å². The van der Waals surface area contributed by atoms with E-state index in [2.05, 4.69) is 21.6 Å². The van der Waals surface area contributed by atoms with Crippen molar-refractivity contribution in [1.29, 1.82) is 0 Å². The smallest absolute Gasteiger partial charge is 0.277 e. The zero-order valence-electron chi connectivity index (χ0n) is 14.9. The number of hydrogen-bond donors (Lipinski definition) is 1. The molecular weight excluding hydrogens is 366 g/mol. The highest BCUT2D eigenvalue weighted by Gasteiger charge is 2.17. The van der Waals surface area contributed by atoms with Crippen LogP contribution in [0.25, 0.3) is 11.5 Å². The summed E-state index contributed by atoms with van der Waals surface area (Å²) in [6, 6.07) is 5.45. The van der Waals surface area contributed by atoms with Crippen LogP contribution in [0.4, 0.5) is 0 Å². The van der Waals surface area contributed by atoms with Crippen molar-refractivity contribution in [3.8, 4) is 23.0 Å². The van der Waals surface area contributed by atoms with Gasteiger partial charge < -0.3 is 19.2 Å². The summed E-state index contributed by atoms with van der Waals surface area (Å²) >= 11 is 1.23. The van der Waals surface area contributed by atoms with E-state index in [-0.39, 0.29) is 18.5 Å². The van der Waals surface area contributed by atoms with Gasteiger partial charge in [-0.25, -0.2) is 0 Å². The predicted octanol–water partition coefficient (Wildman–Crippen LogP) is 3.56. The van der Waals surface area contributed by atoms with Crippen molar-refractivity contribution in [2.75, 3.05) is 19.1 Å². The van der Waals surface area contributed by atoms with Gasteiger partial charge in [0.15, 0.2) is 11.5 Å². The molecule has 0 fully saturated rings. The van der Waals surface area contributed by atoms with E-state index in [9.17, 15) is 4.79 Å². The molecule has 8 heteroatoms. The van der Waals surface area contributed by atoms with E-state index in [0.717, 1.165) is 18.4 Å². The molecule has 0 saturated carbocycles. The van der Waals surface area contributed by atoms with Gasteiger partial charge in [-0.1, -0.05) is 23.4 Å². The van der Waals surface area contributed by atoms with Gasteiger partial charge in [-0.3, -0.25) is 4.79 Å². The Bertz CT molecular complexity index is 849. The van der Waals surface area contributed by atoms with E-state index >= 15 is 0 Å². The van der Waals surface area contributed by atoms with E-state index in [4.69, 9.17) is 13.9 Å². The number of carbonyl (C=O) groups excluding carboxylic acids is 1. The second kappa shape index (κ2) is 8.47. The lowest BCUT2D eigenvalue weighted by Gasteiger charge is -2.12. The number of nitrogens with one attached hydrogen (secondary N) is 1. The summed E-state index contributed by atoms with van der Waals surface area (Å²) in [5.74, 6) is 1.97. The van der Waals surface area contributed by atoms with Crippen LogP contribution in [0, 0.1) is 0 Å². The first-order valence-corrected chi connectivity index (χ1v) is 10.1. The summed E-state index contributed by atoms with van der Waals surface area (Å²) in [6.45, 7) is 0.896. The molecule has 1 aromatic carbocycles. The van der Waals surface area contributed by atoms with Crippen molar-refractivity contribution in [2.45, 2.75) is 37.3 Å². The first-order valence-electron chi connectivity index (χ1n) is 9.09. The van der Waals surface area contributed by atoms with Crippen LogP contribution in [-0.4, -0.2) is 35.2 Å².